The van der Waals surface area contributed by atoms with Crippen molar-refractivity contribution in [3.05, 3.63) is 113 Å². The highest BCUT2D eigenvalue weighted by atomic mass is 32.1. The van der Waals surface area contributed by atoms with Crippen LogP contribution in [0.25, 0.3) is 0 Å². The second-order valence-electron chi connectivity index (χ2n) is 7.53. The fourth-order valence-corrected chi connectivity index (χ4v) is 3.28. The van der Waals surface area contributed by atoms with E-state index in [1.807, 2.05) is 96.2 Å². The number of H-pyrrole nitrogens is 1. The van der Waals surface area contributed by atoms with Crippen molar-refractivity contribution in [2.45, 2.75) is 67.3 Å². The van der Waals surface area contributed by atoms with Gasteiger partial charge in [0.05, 0.1) is 12.1 Å². The van der Waals surface area contributed by atoms with Gasteiger partial charge in [-0.25, -0.2) is 0 Å². The summed E-state index contributed by atoms with van der Waals surface area (Å²) >= 11 is 1.34. The van der Waals surface area contributed by atoms with Crippen LogP contribution in [0.4, 0.5) is 5.00 Å². The molecule has 1 heterocycles. The maximum atomic E-state index is 11.1. The number of benzene rings is 1. The van der Waals surface area contributed by atoms with Crippen LogP contribution in [0.5, 0.6) is 0 Å². The van der Waals surface area contributed by atoms with Crippen LogP contribution >= 0.6 is 11.5 Å². The third-order valence-corrected chi connectivity index (χ3v) is 5.65. The standard InChI is InChI=1S/C11H16O.C9H14N2OS.C9H12N2.C2H6/c1-5-7-8-9-11(4)12-10(3)6-2;1-4-7(5-2)10-9-6(3)8(12)11-13-9;10-8-11-7-6-9-4-2-1-3-5-9;1-2/h5-9H,4H2,1-3H3;4,7,10H,1,5H2,2-3H3,(H,11,12);1-5,8H,6-7H2,(H2,10,11);1-2H3/b7-5-,9-8-,10-6+;;;. The maximum Gasteiger partial charge on any atom is 0.263 e. The van der Waals surface area contributed by atoms with Crippen LogP contribution in [-0.4, -0.2) is 23.3 Å². The number of anilines is 1. The van der Waals surface area contributed by atoms with Crippen molar-refractivity contribution in [1.82, 2.24) is 4.37 Å². The fraction of sp³-hybridized carbons (Fsp3) is 0.355. The molecule has 210 valence electrons. The van der Waals surface area contributed by atoms with E-state index in [0.717, 1.165) is 35.7 Å². The van der Waals surface area contributed by atoms with Crippen LogP contribution in [0.3, 0.4) is 0 Å². The topological polar surface area (TPSA) is 92.5 Å². The van der Waals surface area contributed by atoms with Crippen molar-refractivity contribution in [2.75, 3.05) is 11.9 Å². The van der Waals surface area contributed by atoms with Gasteiger partial charge in [-0.1, -0.05) is 82.0 Å². The number of nitrogens with zero attached hydrogens (tertiary/aromatic N) is 1. The van der Waals surface area contributed by atoms with E-state index in [1.165, 1.54) is 23.4 Å². The molecule has 0 aliphatic rings. The lowest BCUT2D eigenvalue weighted by Gasteiger charge is -2.11. The van der Waals surface area contributed by atoms with Gasteiger partial charge in [-0.15, -0.1) is 6.58 Å². The molecule has 0 aliphatic heterocycles. The van der Waals surface area contributed by atoms with Gasteiger partial charge in [0.1, 0.15) is 10.8 Å². The van der Waals surface area contributed by atoms with Crippen LogP contribution in [-0.2, 0) is 11.2 Å². The van der Waals surface area contributed by atoms with E-state index >= 15 is 0 Å². The van der Waals surface area contributed by atoms with Crippen molar-refractivity contribution in [1.29, 1.82) is 0 Å². The van der Waals surface area contributed by atoms with Gasteiger partial charge in [0.2, 0.25) is 0 Å². The molecule has 1 atom stereocenters. The second-order valence-corrected chi connectivity index (χ2v) is 8.34. The van der Waals surface area contributed by atoms with Crippen molar-refractivity contribution in [2.24, 2.45) is 10.7 Å². The summed E-state index contributed by atoms with van der Waals surface area (Å²) in [7, 11) is 0. The Hall–Kier alpha value is -3.58. The van der Waals surface area contributed by atoms with Gasteiger partial charge in [-0.2, -0.15) is 0 Å². The molecule has 7 heteroatoms. The van der Waals surface area contributed by atoms with E-state index in [0.29, 0.717) is 5.76 Å². The lowest BCUT2D eigenvalue weighted by atomic mass is 10.2. The zero-order valence-electron chi connectivity index (χ0n) is 24.3. The molecule has 4 N–H and O–H groups in total. The molecular formula is C31H48N4O2S. The maximum absolute atomic E-state index is 11.1. The minimum atomic E-state index is -0.00795. The van der Waals surface area contributed by atoms with Crippen LogP contribution < -0.4 is 16.6 Å². The predicted molar refractivity (Wildman–Crippen MR) is 170 cm³/mol. The first-order valence-corrected chi connectivity index (χ1v) is 13.7. The number of allylic oxidation sites excluding steroid dienone is 6. The summed E-state index contributed by atoms with van der Waals surface area (Å²) in [5, 5.41) is 4.15. The number of rotatable bonds is 11. The van der Waals surface area contributed by atoms with Crippen LogP contribution in [0.2, 0.25) is 0 Å². The third kappa shape index (κ3) is 18.7. The van der Waals surface area contributed by atoms with Crippen molar-refractivity contribution in [3.63, 3.8) is 0 Å². The Bertz CT molecular complexity index is 1050. The van der Waals surface area contributed by atoms with Gasteiger partial charge < -0.3 is 15.8 Å². The van der Waals surface area contributed by atoms with Gasteiger partial charge >= 0.3 is 0 Å². The van der Waals surface area contributed by atoms with Crippen molar-refractivity contribution < 1.29 is 4.74 Å². The molecule has 0 amide bonds. The van der Waals surface area contributed by atoms with Crippen molar-refractivity contribution >= 4 is 22.9 Å². The van der Waals surface area contributed by atoms with E-state index in [1.54, 1.807) is 0 Å². The highest BCUT2D eigenvalue weighted by Crippen LogP contribution is 2.17. The Kier molecular flexibility index (Phi) is 24.1. The number of hydrogen-bond donors (Lipinski definition) is 3. The lowest BCUT2D eigenvalue weighted by Crippen LogP contribution is -2.15. The molecule has 0 saturated carbocycles. The molecule has 6 nitrogen and oxygen atoms in total. The SMILES string of the molecule is C=C(/C=C\C=C/C)O/C(C)=C/C.C=CC(CC)Nc1s[nH]c(=O)c1C.CC.NC=NCCc1ccccc1. The normalized spacial score (nSPS) is 11.5. The molecule has 1 unspecified atom stereocenters. The number of aromatic nitrogens is 1. The minimum absolute atomic E-state index is 0.00795. The Morgan fingerprint density at radius 2 is 1.89 bits per heavy atom. The van der Waals surface area contributed by atoms with Gasteiger partial charge in [0.25, 0.3) is 5.56 Å². The summed E-state index contributed by atoms with van der Waals surface area (Å²) < 4.78 is 7.97. The van der Waals surface area contributed by atoms with Gasteiger partial charge in [0.15, 0.2) is 0 Å². The number of aliphatic imine (C=N–C) groups is 1. The fourth-order valence-electron chi connectivity index (χ4n) is 2.47. The molecule has 0 saturated heterocycles. The molecule has 0 spiro atoms. The average Bonchev–Trinajstić information content (AvgIpc) is 3.26. The van der Waals surface area contributed by atoms with Gasteiger partial charge in [-0.05, 0) is 69.8 Å². The van der Waals surface area contributed by atoms with E-state index in [9.17, 15) is 4.79 Å². The highest BCUT2D eigenvalue weighted by molar-refractivity contribution is 7.10. The molecule has 0 aliphatic carbocycles. The molecular weight excluding hydrogens is 492 g/mol. The zero-order chi connectivity index (χ0) is 29.2. The number of aromatic amines is 1. The monoisotopic (exact) mass is 540 g/mol. The zero-order valence-corrected chi connectivity index (χ0v) is 25.1. The van der Waals surface area contributed by atoms with Gasteiger partial charge in [-0.3, -0.25) is 14.2 Å². The van der Waals surface area contributed by atoms with E-state index in [4.69, 9.17) is 10.5 Å². The molecule has 1 aromatic carbocycles. The predicted octanol–water partition coefficient (Wildman–Crippen LogP) is 7.94. The summed E-state index contributed by atoms with van der Waals surface area (Å²) in [6, 6.07) is 10.5. The number of nitrogens with two attached hydrogens (primary N) is 1. The van der Waals surface area contributed by atoms with Gasteiger partial charge in [0, 0.05) is 18.2 Å². The smallest absolute Gasteiger partial charge is 0.263 e. The molecule has 0 bridgehead atoms. The summed E-state index contributed by atoms with van der Waals surface area (Å²) in [4.78, 5) is 15.0. The van der Waals surface area contributed by atoms with E-state index in [-0.39, 0.29) is 11.6 Å². The molecule has 2 aromatic rings. The summed E-state index contributed by atoms with van der Waals surface area (Å²) in [6.07, 6.45) is 14.6. The number of ether oxygens (including phenoxy) is 1. The quantitative estimate of drug-likeness (QED) is 0.0887. The molecule has 0 radical (unpaired) electrons. The first kappa shape index (κ1) is 36.6. The first-order chi connectivity index (χ1) is 18.3. The number of hydrogen-bond acceptors (Lipinski definition) is 5. The third-order valence-electron chi connectivity index (χ3n) is 4.73. The van der Waals surface area contributed by atoms with E-state index < -0.39 is 0 Å². The van der Waals surface area contributed by atoms with E-state index in [2.05, 4.69) is 46.9 Å². The Balaban J connectivity index is 0. The Labute approximate surface area is 234 Å². The summed E-state index contributed by atoms with van der Waals surface area (Å²) in [6.45, 7) is 21.9. The molecule has 2 rings (SSSR count). The largest absolute Gasteiger partial charge is 0.463 e. The van der Waals surface area contributed by atoms with Crippen LogP contribution in [0, 0.1) is 6.92 Å². The summed E-state index contributed by atoms with van der Waals surface area (Å²) in [5.41, 5.74) is 7.15. The van der Waals surface area contributed by atoms with Crippen LogP contribution in [0.1, 0.15) is 59.1 Å². The number of nitrogens with one attached hydrogen (secondary N) is 2. The second kappa shape index (κ2) is 25.1. The first-order valence-electron chi connectivity index (χ1n) is 12.9. The minimum Gasteiger partial charge on any atom is -0.463 e. The lowest BCUT2D eigenvalue weighted by molar-refractivity contribution is 0.323. The Morgan fingerprint density at radius 3 is 2.37 bits per heavy atom. The highest BCUT2D eigenvalue weighted by Gasteiger charge is 2.07. The van der Waals surface area contributed by atoms with Crippen LogP contribution in [0.15, 0.2) is 101 Å². The molecule has 38 heavy (non-hydrogen) atoms. The summed E-state index contributed by atoms with van der Waals surface area (Å²) in [5.74, 6) is 1.52. The molecule has 0 fully saturated rings. The Morgan fingerprint density at radius 1 is 1.24 bits per heavy atom. The van der Waals surface area contributed by atoms with Crippen molar-refractivity contribution in [3.8, 4) is 0 Å². The molecule has 1 aromatic heterocycles. The average molecular weight is 541 g/mol.